The maximum atomic E-state index is 12.5. The minimum Gasteiger partial charge on any atom is -0.324 e. The summed E-state index contributed by atoms with van der Waals surface area (Å²) in [5, 5.41) is 8.05. The number of halogens is 2. The molecule has 0 saturated heterocycles. The lowest BCUT2D eigenvalue weighted by Gasteiger charge is -2.15. The molecule has 1 N–H and O–H groups in total. The van der Waals surface area contributed by atoms with Crippen molar-refractivity contribution in [3.8, 4) is 11.3 Å². The maximum absolute atomic E-state index is 12.5. The van der Waals surface area contributed by atoms with Crippen LogP contribution in [0.2, 0.25) is 10.0 Å². The van der Waals surface area contributed by atoms with Gasteiger partial charge in [-0.2, -0.15) is 10.1 Å². The van der Waals surface area contributed by atoms with Crippen molar-refractivity contribution in [1.82, 2.24) is 14.8 Å². The van der Waals surface area contributed by atoms with Crippen LogP contribution in [0.3, 0.4) is 0 Å². The monoisotopic (exact) mass is 402 g/mol. The molecule has 1 heterocycles. The van der Waals surface area contributed by atoms with Gasteiger partial charge in [-0.05, 0) is 49.7 Å². The highest BCUT2D eigenvalue weighted by molar-refractivity contribution is 6.31. The molecular weight excluding hydrogens is 387 g/mol. The average Bonchev–Trinajstić information content (AvgIpc) is 2.64. The molecule has 27 heavy (non-hydrogen) atoms. The zero-order valence-corrected chi connectivity index (χ0v) is 16.1. The van der Waals surface area contributed by atoms with Gasteiger partial charge in [-0.25, -0.2) is 9.48 Å². The van der Waals surface area contributed by atoms with Gasteiger partial charge in [0, 0.05) is 21.3 Å². The number of nitrogens with one attached hydrogen (secondary N) is 1. The first kappa shape index (κ1) is 19.1. The summed E-state index contributed by atoms with van der Waals surface area (Å²) >= 11 is 11.8. The van der Waals surface area contributed by atoms with E-state index in [4.69, 9.17) is 23.2 Å². The Kier molecular flexibility index (Phi) is 5.58. The molecule has 0 aliphatic heterocycles. The van der Waals surface area contributed by atoms with E-state index in [9.17, 15) is 9.59 Å². The van der Waals surface area contributed by atoms with Crippen molar-refractivity contribution in [2.45, 2.75) is 19.9 Å². The van der Waals surface area contributed by atoms with E-state index < -0.39 is 11.7 Å². The summed E-state index contributed by atoms with van der Waals surface area (Å²) in [6, 6.07) is 11.2. The van der Waals surface area contributed by atoms with E-state index in [0.717, 1.165) is 10.2 Å². The van der Waals surface area contributed by atoms with E-state index in [1.54, 1.807) is 49.4 Å². The van der Waals surface area contributed by atoms with Crippen LogP contribution in [0.1, 0.15) is 18.5 Å². The van der Waals surface area contributed by atoms with Crippen molar-refractivity contribution in [3.05, 3.63) is 74.8 Å². The van der Waals surface area contributed by atoms with E-state index >= 15 is 0 Å². The highest BCUT2D eigenvalue weighted by atomic mass is 35.5. The Hall–Kier alpha value is -2.70. The molecule has 1 atom stereocenters. The molecule has 0 aliphatic rings. The first-order valence-electron chi connectivity index (χ1n) is 8.14. The molecule has 0 fully saturated rings. The van der Waals surface area contributed by atoms with Gasteiger partial charge in [0.15, 0.2) is 0 Å². The van der Waals surface area contributed by atoms with Crippen LogP contribution < -0.4 is 11.0 Å². The van der Waals surface area contributed by atoms with Crippen molar-refractivity contribution in [3.63, 3.8) is 0 Å². The molecule has 0 saturated carbocycles. The molecule has 0 spiro atoms. The Bertz CT molecular complexity index is 1050. The fourth-order valence-electron chi connectivity index (χ4n) is 2.49. The first-order valence-corrected chi connectivity index (χ1v) is 8.89. The van der Waals surface area contributed by atoms with E-state index in [0.29, 0.717) is 27.0 Å². The topological polar surface area (TPSA) is 76.9 Å². The van der Waals surface area contributed by atoms with Gasteiger partial charge >= 0.3 is 5.69 Å². The lowest BCUT2D eigenvalue weighted by Crippen LogP contribution is -2.35. The number of carbonyl (C=O) groups excluding carboxylic acids is 1. The minimum atomic E-state index is -0.834. The molecule has 8 heteroatoms. The predicted octanol–water partition coefficient (Wildman–Crippen LogP) is 4.12. The molecule has 0 aliphatic carbocycles. The van der Waals surface area contributed by atoms with Gasteiger partial charge in [-0.1, -0.05) is 35.3 Å². The molecule has 0 bridgehead atoms. The third kappa shape index (κ3) is 4.35. The van der Waals surface area contributed by atoms with E-state index in [2.05, 4.69) is 15.4 Å². The van der Waals surface area contributed by atoms with E-state index in [1.807, 2.05) is 6.92 Å². The molecule has 1 amide bonds. The zero-order chi connectivity index (χ0) is 19.6. The zero-order valence-electron chi connectivity index (χ0n) is 14.6. The second kappa shape index (κ2) is 7.90. The van der Waals surface area contributed by atoms with Crippen LogP contribution in [0.15, 0.2) is 53.5 Å². The Morgan fingerprint density at radius 3 is 2.41 bits per heavy atom. The van der Waals surface area contributed by atoms with Crippen LogP contribution in [0.4, 0.5) is 5.69 Å². The number of hydrogen-bond donors (Lipinski definition) is 1. The highest BCUT2D eigenvalue weighted by Crippen LogP contribution is 2.21. The van der Waals surface area contributed by atoms with Gasteiger partial charge < -0.3 is 5.32 Å². The SMILES string of the molecule is Cc1cc(Cl)ccc1NC(=O)[C@@H](C)n1ncc(-c2ccc(Cl)cc2)nc1=O. The number of rotatable bonds is 4. The molecule has 3 rings (SSSR count). The van der Waals surface area contributed by atoms with Crippen LogP contribution in [-0.2, 0) is 4.79 Å². The van der Waals surface area contributed by atoms with Gasteiger partial charge in [0.05, 0.1) is 11.9 Å². The predicted molar refractivity (Wildman–Crippen MR) is 106 cm³/mol. The quantitative estimate of drug-likeness (QED) is 0.711. The molecule has 138 valence electrons. The number of benzene rings is 2. The van der Waals surface area contributed by atoms with Crippen molar-refractivity contribution < 1.29 is 4.79 Å². The third-order valence-corrected chi connectivity index (χ3v) is 4.54. The van der Waals surface area contributed by atoms with Crippen molar-refractivity contribution in [1.29, 1.82) is 0 Å². The minimum absolute atomic E-state index is 0.379. The fourth-order valence-corrected chi connectivity index (χ4v) is 2.84. The molecule has 3 aromatic rings. The smallest absolute Gasteiger partial charge is 0.324 e. The number of amides is 1. The highest BCUT2D eigenvalue weighted by Gasteiger charge is 2.19. The van der Waals surface area contributed by atoms with Crippen LogP contribution in [-0.4, -0.2) is 20.7 Å². The number of nitrogens with zero attached hydrogens (tertiary/aromatic N) is 3. The van der Waals surface area contributed by atoms with Crippen molar-refractivity contribution in [2.24, 2.45) is 0 Å². The number of anilines is 1. The van der Waals surface area contributed by atoms with Crippen LogP contribution >= 0.6 is 23.2 Å². The summed E-state index contributed by atoms with van der Waals surface area (Å²) in [5.41, 5.74) is 1.95. The fraction of sp³-hybridized carbons (Fsp3) is 0.158. The summed E-state index contributed by atoms with van der Waals surface area (Å²) in [6.07, 6.45) is 1.45. The maximum Gasteiger partial charge on any atom is 0.365 e. The van der Waals surface area contributed by atoms with Crippen LogP contribution in [0, 0.1) is 6.92 Å². The first-order chi connectivity index (χ1) is 12.8. The lowest BCUT2D eigenvalue weighted by molar-refractivity contribution is -0.119. The molecule has 2 aromatic carbocycles. The van der Waals surface area contributed by atoms with Gasteiger partial charge in [0.2, 0.25) is 5.91 Å². The summed E-state index contributed by atoms with van der Waals surface area (Å²) in [7, 11) is 0. The standard InChI is InChI=1S/C19H16Cl2N4O2/c1-11-9-15(21)7-8-16(11)23-18(26)12(2)25-19(27)24-17(10-22-25)13-3-5-14(20)6-4-13/h3-10,12H,1-2H3,(H,23,26)/t12-/m1/s1. The Labute approximate surface area is 165 Å². The van der Waals surface area contributed by atoms with E-state index in [1.165, 1.54) is 6.20 Å². The Balaban J connectivity index is 1.81. The summed E-state index contributed by atoms with van der Waals surface area (Å²) in [4.78, 5) is 28.9. The van der Waals surface area contributed by atoms with Crippen LogP contribution in [0.25, 0.3) is 11.3 Å². The largest absolute Gasteiger partial charge is 0.365 e. The van der Waals surface area contributed by atoms with Gasteiger partial charge in [0.1, 0.15) is 6.04 Å². The van der Waals surface area contributed by atoms with Gasteiger partial charge in [-0.15, -0.1) is 0 Å². The number of hydrogen-bond acceptors (Lipinski definition) is 4. The summed E-state index contributed by atoms with van der Waals surface area (Å²) < 4.78 is 1.04. The average molecular weight is 403 g/mol. The van der Waals surface area contributed by atoms with Crippen LogP contribution in [0.5, 0.6) is 0 Å². The number of carbonyl (C=O) groups is 1. The number of aryl methyl sites for hydroxylation is 1. The summed E-state index contributed by atoms with van der Waals surface area (Å²) in [5.74, 6) is -0.379. The molecule has 0 unspecified atom stereocenters. The Morgan fingerprint density at radius 2 is 1.78 bits per heavy atom. The lowest BCUT2D eigenvalue weighted by atomic mass is 10.2. The van der Waals surface area contributed by atoms with Crippen molar-refractivity contribution >= 4 is 34.8 Å². The van der Waals surface area contributed by atoms with Gasteiger partial charge in [-0.3, -0.25) is 4.79 Å². The molecular formula is C19H16Cl2N4O2. The van der Waals surface area contributed by atoms with Gasteiger partial charge in [0.25, 0.3) is 0 Å². The number of aromatic nitrogens is 3. The second-order valence-corrected chi connectivity index (χ2v) is 6.87. The normalized spacial score (nSPS) is 11.9. The molecule has 6 nitrogen and oxygen atoms in total. The second-order valence-electron chi connectivity index (χ2n) is 6.00. The van der Waals surface area contributed by atoms with E-state index in [-0.39, 0.29) is 5.91 Å². The van der Waals surface area contributed by atoms with Crippen molar-refractivity contribution in [2.75, 3.05) is 5.32 Å². The third-order valence-electron chi connectivity index (χ3n) is 4.05. The Morgan fingerprint density at radius 1 is 1.11 bits per heavy atom. The summed E-state index contributed by atoms with van der Waals surface area (Å²) in [6.45, 7) is 3.41. The molecule has 1 aromatic heterocycles. The molecule has 0 radical (unpaired) electrons.